The van der Waals surface area contributed by atoms with Gasteiger partial charge in [-0.05, 0) is 53.6 Å². The molecule has 1 unspecified atom stereocenters. The second kappa shape index (κ2) is 10.9. The van der Waals surface area contributed by atoms with Gasteiger partial charge in [0.15, 0.2) is 0 Å². The maximum absolute atomic E-state index is 2.58. The van der Waals surface area contributed by atoms with Crippen molar-refractivity contribution in [1.29, 1.82) is 0 Å². The van der Waals surface area contributed by atoms with E-state index < -0.39 is 0 Å². The van der Waals surface area contributed by atoms with Crippen LogP contribution in [0.1, 0.15) is 115 Å². The molecule has 0 saturated carbocycles. The van der Waals surface area contributed by atoms with Crippen LogP contribution in [-0.4, -0.2) is 16.0 Å². The zero-order valence-electron chi connectivity index (χ0n) is 21.1. The molecule has 0 aliphatic heterocycles. The summed E-state index contributed by atoms with van der Waals surface area (Å²) in [5.74, 6) is 0. The van der Waals surface area contributed by atoms with Crippen LogP contribution < -0.4 is 0 Å². The fourth-order valence-electron chi connectivity index (χ4n) is 6.27. The molecule has 0 bridgehead atoms. The summed E-state index contributed by atoms with van der Waals surface area (Å²) in [6, 6.07) is 0. The Morgan fingerprint density at radius 2 is 1.21 bits per heavy atom. The molecule has 0 amide bonds. The van der Waals surface area contributed by atoms with Crippen molar-refractivity contribution in [2.24, 2.45) is 5.41 Å². The maximum Gasteiger partial charge on any atom is 0.0107 e. The third-order valence-corrected chi connectivity index (χ3v) is 10.8. The zero-order chi connectivity index (χ0) is 21.2. The van der Waals surface area contributed by atoms with Crippen molar-refractivity contribution in [3.8, 4) is 0 Å². The van der Waals surface area contributed by atoms with E-state index in [0.717, 1.165) is 0 Å². The molecule has 28 heavy (non-hydrogen) atoms. The molecular formula is C26H48HfP-. The van der Waals surface area contributed by atoms with Crippen LogP contribution in [0.15, 0.2) is 22.3 Å². The van der Waals surface area contributed by atoms with Gasteiger partial charge in [0.05, 0.1) is 0 Å². The van der Waals surface area contributed by atoms with Gasteiger partial charge in [0, 0.05) is 31.3 Å². The second-order valence-corrected chi connectivity index (χ2v) is 14.2. The van der Waals surface area contributed by atoms with Crippen molar-refractivity contribution >= 4 is 7.92 Å². The Hall–Kier alpha value is 0.780. The minimum absolute atomic E-state index is 0. The minimum Gasteiger partial charge on any atom is -0.320 e. The van der Waals surface area contributed by atoms with Crippen molar-refractivity contribution in [1.82, 2.24) is 0 Å². The SMILES string of the molecule is C[CH-]C(C1=C(CC)C(CC)=C(CC)C1(CC)CC)P(C(C)(C)C)C(C)(C)C.[Hf]. The predicted octanol–water partition coefficient (Wildman–Crippen LogP) is 9.30. The molecule has 0 aromatic rings. The summed E-state index contributed by atoms with van der Waals surface area (Å²) in [6.07, 6.45) is 8.66. The van der Waals surface area contributed by atoms with Gasteiger partial charge in [-0.3, -0.25) is 0 Å². The van der Waals surface area contributed by atoms with Gasteiger partial charge in [0.1, 0.15) is 0 Å². The summed E-state index contributed by atoms with van der Waals surface area (Å²) < 4.78 is 0. The molecule has 1 rings (SSSR count). The quantitative estimate of drug-likeness (QED) is 0.155. The number of hydrogen-bond donors (Lipinski definition) is 0. The van der Waals surface area contributed by atoms with Gasteiger partial charge >= 0.3 is 0 Å². The molecule has 0 N–H and O–H groups in total. The molecule has 1 aliphatic rings. The minimum atomic E-state index is -0.208. The van der Waals surface area contributed by atoms with Crippen molar-refractivity contribution in [2.45, 2.75) is 131 Å². The van der Waals surface area contributed by atoms with Crippen molar-refractivity contribution in [3.63, 3.8) is 0 Å². The first kappa shape index (κ1) is 28.8. The smallest absolute Gasteiger partial charge is 0.0107 e. The first-order chi connectivity index (χ1) is 12.4. The summed E-state index contributed by atoms with van der Waals surface area (Å²) in [7, 11) is -0.208. The van der Waals surface area contributed by atoms with E-state index in [1.54, 1.807) is 16.7 Å². The standard InChI is InChI=1S/C26H48P.Hf/c1-13-19-20(14-2)23(26(17-5,18-6)21(19)15-3)22(16-4)27(24(7,8)9)25(10,11)12;/h16,22H,13-15,17-18H2,1-12H3;/q-1;. The van der Waals surface area contributed by atoms with Crippen LogP contribution in [0.5, 0.6) is 0 Å². The van der Waals surface area contributed by atoms with E-state index in [4.69, 9.17) is 0 Å². The van der Waals surface area contributed by atoms with E-state index in [1.165, 1.54) is 32.1 Å². The van der Waals surface area contributed by atoms with Crippen molar-refractivity contribution in [3.05, 3.63) is 28.7 Å². The van der Waals surface area contributed by atoms with Crippen LogP contribution >= 0.6 is 7.92 Å². The summed E-state index contributed by atoms with van der Waals surface area (Å²) >= 11 is 0. The summed E-state index contributed by atoms with van der Waals surface area (Å²) in [4.78, 5) is 0. The van der Waals surface area contributed by atoms with Gasteiger partial charge in [-0.15, -0.1) is 13.6 Å². The Bertz CT molecular complexity index is 550. The van der Waals surface area contributed by atoms with Gasteiger partial charge in [-0.25, -0.2) is 0 Å². The summed E-state index contributed by atoms with van der Waals surface area (Å²) in [5, 5.41) is 0.677. The Morgan fingerprint density at radius 3 is 1.46 bits per heavy atom. The fraction of sp³-hybridized carbons (Fsp3) is 0.808. The van der Waals surface area contributed by atoms with Gasteiger partial charge in [-0.2, -0.15) is 6.92 Å². The molecule has 0 aromatic carbocycles. The molecule has 0 aromatic heterocycles. The third-order valence-electron chi connectivity index (χ3n) is 6.75. The van der Waals surface area contributed by atoms with Gasteiger partial charge in [0.25, 0.3) is 0 Å². The Morgan fingerprint density at radius 1 is 0.786 bits per heavy atom. The first-order valence-electron chi connectivity index (χ1n) is 11.5. The average Bonchev–Trinajstić information content (AvgIpc) is 2.85. The zero-order valence-corrected chi connectivity index (χ0v) is 25.6. The number of allylic oxidation sites excluding steroid dienone is 4. The van der Waals surface area contributed by atoms with Crippen LogP contribution in [0.4, 0.5) is 0 Å². The van der Waals surface area contributed by atoms with Gasteiger partial charge < -0.3 is 6.42 Å². The third kappa shape index (κ3) is 5.15. The topological polar surface area (TPSA) is 0 Å². The van der Waals surface area contributed by atoms with E-state index in [1.807, 2.05) is 5.57 Å². The monoisotopic (exact) mass is 571 g/mol. The maximum atomic E-state index is 2.58. The van der Waals surface area contributed by atoms with Crippen molar-refractivity contribution in [2.75, 3.05) is 0 Å². The Labute approximate surface area is 198 Å². The molecule has 1 aliphatic carbocycles. The summed E-state index contributed by atoms with van der Waals surface area (Å²) in [6.45, 7) is 29.3. The molecule has 0 saturated heterocycles. The fourth-order valence-corrected chi connectivity index (χ4v) is 10.9. The molecule has 0 spiro atoms. The Kier molecular flexibility index (Phi) is 11.2. The predicted molar refractivity (Wildman–Crippen MR) is 128 cm³/mol. The molecular weight excluding hydrogens is 522 g/mol. The van der Waals surface area contributed by atoms with E-state index in [-0.39, 0.29) is 33.8 Å². The molecule has 162 valence electrons. The van der Waals surface area contributed by atoms with Crippen LogP contribution in [0.25, 0.3) is 0 Å². The number of hydrogen-bond acceptors (Lipinski definition) is 0. The van der Waals surface area contributed by atoms with Crippen LogP contribution in [-0.2, 0) is 25.8 Å². The second-order valence-electron chi connectivity index (χ2n) is 10.2. The van der Waals surface area contributed by atoms with Crippen LogP contribution in [0.2, 0.25) is 0 Å². The van der Waals surface area contributed by atoms with E-state index in [0.29, 0.717) is 21.4 Å². The molecule has 2 heteroatoms. The van der Waals surface area contributed by atoms with E-state index in [9.17, 15) is 0 Å². The first-order valence-corrected chi connectivity index (χ1v) is 12.9. The number of rotatable bonds is 8. The molecule has 0 radical (unpaired) electrons. The molecule has 1 atom stereocenters. The van der Waals surface area contributed by atoms with E-state index in [2.05, 4.69) is 89.5 Å². The van der Waals surface area contributed by atoms with Crippen LogP contribution in [0.3, 0.4) is 0 Å². The van der Waals surface area contributed by atoms with E-state index >= 15 is 0 Å². The normalized spacial score (nSPS) is 18.8. The van der Waals surface area contributed by atoms with Gasteiger partial charge in [-0.1, -0.05) is 87.3 Å². The molecule has 0 heterocycles. The van der Waals surface area contributed by atoms with Gasteiger partial charge in [0.2, 0.25) is 0 Å². The Balaban J connectivity index is 0.00000729. The van der Waals surface area contributed by atoms with Crippen LogP contribution in [0, 0.1) is 11.8 Å². The molecule has 0 nitrogen and oxygen atoms in total. The summed E-state index contributed by atoms with van der Waals surface area (Å²) in [5.41, 5.74) is 7.93. The van der Waals surface area contributed by atoms with Crippen molar-refractivity contribution < 1.29 is 25.8 Å². The largest absolute Gasteiger partial charge is 0.320 e. The average molecular weight is 570 g/mol. The molecule has 0 fully saturated rings.